The molecule has 10 heteroatoms. The second-order valence-corrected chi connectivity index (χ2v) is 8.30. The molecule has 0 saturated carbocycles. The molecule has 0 spiro atoms. The van der Waals surface area contributed by atoms with Crippen molar-refractivity contribution in [2.45, 2.75) is 4.90 Å². The number of ether oxygens (including phenoxy) is 2. The quantitative estimate of drug-likeness (QED) is 0.706. The molecule has 0 fully saturated rings. The summed E-state index contributed by atoms with van der Waals surface area (Å²) in [5, 5.41) is 3.09. The minimum Gasteiger partial charge on any atom is -0.454 e. The van der Waals surface area contributed by atoms with Crippen molar-refractivity contribution in [3.8, 4) is 11.5 Å². The molecule has 0 unspecified atom stereocenters. The van der Waals surface area contributed by atoms with Crippen LogP contribution in [0.5, 0.6) is 11.5 Å². The van der Waals surface area contributed by atoms with Gasteiger partial charge in [0.1, 0.15) is 0 Å². The van der Waals surface area contributed by atoms with E-state index in [4.69, 9.17) is 9.47 Å². The van der Waals surface area contributed by atoms with Gasteiger partial charge in [-0.15, -0.1) is 0 Å². The standard InChI is InChI=1S/C16H13N3O5S2/c1-17-26(21,22)10-3-4-11-14(7-10)25-16(18-11)19-15(20)9-2-5-12-13(6-9)24-8-23-12/h2-7,17H,8H2,1H3,(H,18,19,20). The number of anilines is 1. The number of nitrogens with one attached hydrogen (secondary N) is 2. The SMILES string of the molecule is CNS(=O)(=O)c1ccc2nc(NC(=O)c3ccc4c(c3)OCO4)sc2c1. The van der Waals surface area contributed by atoms with Gasteiger partial charge in [0, 0.05) is 5.56 Å². The second kappa shape index (κ2) is 6.24. The van der Waals surface area contributed by atoms with Crippen molar-refractivity contribution in [1.29, 1.82) is 0 Å². The summed E-state index contributed by atoms with van der Waals surface area (Å²) in [4.78, 5) is 16.9. The van der Waals surface area contributed by atoms with Gasteiger partial charge in [-0.05, 0) is 43.4 Å². The van der Waals surface area contributed by atoms with Crippen LogP contribution in [0, 0.1) is 0 Å². The zero-order chi connectivity index (χ0) is 18.3. The van der Waals surface area contributed by atoms with Crippen molar-refractivity contribution in [2.24, 2.45) is 0 Å². The van der Waals surface area contributed by atoms with Gasteiger partial charge >= 0.3 is 0 Å². The van der Waals surface area contributed by atoms with Crippen LogP contribution < -0.4 is 19.5 Å². The van der Waals surface area contributed by atoms with Crippen molar-refractivity contribution in [2.75, 3.05) is 19.2 Å². The normalized spacial score (nSPS) is 13.1. The number of carbonyl (C=O) groups excluding carboxylic acids is 1. The monoisotopic (exact) mass is 391 g/mol. The van der Waals surface area contributed by atoms with Gasteiger partial charge in [-0.25, -0.2) is 18.1 Å². The summed E-state index contributed by atoms with van der Waals surface area (Å²) in [5.41, 5.74) is 1.01. The molecule has 0 saturated heterocycles. The highest BCUT2D eigenvalue weighted by atomic mass is 32.2. The fourth-order valence-electron chi connectivity index (χ4n) is 2.45. The van der Waals surface area contributed by atoms with Crippen LogP contribution in [0.4, 0.5) is 5.13 Å². The Kier molecular flexibility index (Phi) is 4.02. The number of thiazole rings is 1. The minimum atomic E-state index is -3.54. The first-order valence-corrected chi connectivity index (χ1v) is 9.81. The number of benzene rings is 2. The van der Waals surface area contributed by atoms with Crippen LogP contribution in [0.15, 0.2) is 41.3 Å². The summed E-state index contributed by atoms with van der Waals surface area (Å²) in [7, 11) is -2.19. The van der Waals surface area contributed by atoms with Crippen molar-refractivity contribution in [3.05, 3.63) is 42.0 Å². The summed E-state index contributed by atoms with van der Waals surface area (Å²) in [5.74, 6) is 0.772. The van der Waals surface area contributed by atoms with Crippen molar-refractivity contribution in [1.82, 2.24) is 9.71 Å². The lowest BCUT2D eigenvalue weighted by Gasteiger charge is -2.02. The Morgan fingerprint density at radius 2 is 1.96 bits per heavy atom. The molecule has 26 heavy (non-hydrogen) atoms. The molecule has 4 rings (SSSR count). The maximum absolute atomic E-state index is 12.4. The number of fused-ring (bicyclic) bond motifs is 2. The van der Waals surface area contributed by atoms with Gasteiger partial charge in [-0.3, -0.25) is 10.1 Å². The molecule has 3 aromatic rings. The first kappa shape index (κ1) is 16.8. The zero-order valence-corrected chi connectivity index (χ0v) is 15.1. The average molecular weight is 391 g/mol. The lowest BCUT2D eigenvalue weighted by Crippen LogP contribution is -2.18. The van der Waals surface area contributed by atoms with Crippen LogP contribution in [0.25, 0.3) is 10.2 Å². The van der Waals surface area contributed by atoms with E-state index in [1.54, 1.807) is 24.3 Å². The highest BCUT2D eigenvalue weighted by Gasteiger charge is 2.18. The Hall–Kier alpha value is -2.69. The Balaban J connectivity index is 1.60. The molecule has 1 aromatic heterocycles. The second-order valence-electron chi connectivity index (χ2n) is 5.38. The van der Waals surface area contributed by atoms with E-state index in [9.17, 15) is 13.2 Å². The van der Waals surface area contributed by atoms with Crippen LogP contribution in [0.1, 0.15) is 10.4 Å². The highest BCUT2D eigenvalue weighted by molar-refractivity contribution is 7.89. The van der Waals surface area contributed by atoms with Gasteiger partial charge < -0.3 is 9.47 Å². The molecule has 0 radical (unpaired) electrons. The Morgan fingerprint density at radius 3 is 2.77 bits per heavy atom. The number of hydrogen-bond acceptors (Lipinski definition) is 7. The van der Waals surface area contributed by atoms with E-state index in [0.29, 0.717) is 32.4 Å². The number of carbonyl (C=O) groups is 1. The van der Waals surface area contributed by atoms with E-state index in [2.05, 4.69) is 15.0 Å². The molecule has 2 aromatic carbocycles. The van der Waals surface area contributed by atoms with Gasteiger partial charge in [0.15, 0.2) is 16.6 Å². The van der Waals surface area contributed by atoms with Crippen LogP contribution >= 0.6 is 11.3 Å². The zero-order valence-electron chi connectivity index (χ0n) is 13.5. The van der Waals surface area contributed by atoms with Crippen molar-refractivity contribution in [3.63, 3.8) is 0 Å². The Labute approximate surface area is 152 Å². The molecule has 8 nitrogen and oxygen atoms in total. The first-order valence-electron chi connectivity index (χ1n) is 7.51. The van der Waals surface area contributed by atoms with Gasteiger partial charge in [0.25, 0.3) is 5.91 Å². The summed E-state index contributed by atoms with van der Waals surface area (Å²) in [6.45, 7) is 0.135. The summed E-state index contributed by atoms with van der Waals surface area (Å²) in [6.07, 6.45) is 0. The minimum absolute atomic E-state index is 0.135. The molecule has 0 bridgehead atoms. The van der Waals surface area contributed by atoms with Gasteiger partial charge in [0.05, 0.1) is 15.1 Å². The number of amides is 1. The molecule has 2 N–H and O–H groups in total. The third kappa shape index (κ3) is 2.98. The lowest BCUT2D eigenvalue weighted by molar-refractivity contribution is 0.102. The Morgan fingerprint density at radius 1 is 1.15 bits per heavy atom. The van der Waals surface area contributed by atoms with Crippen molar-refractivity contribution < 1.29 is 22.7 Å². The van der Waals surface area contributed by atoms with Gasteiger partial charge in [-0.2, -0.15) is 0 Å². The molecular weight excluding hydrogens is 378 g/mol. The summed E-state index contributed by atoms with van der Waals surface area (Å²) < 4.78 is 37.2. The number of nitrogens with zero attached hydrogens (tertiary/aromatic N) is 1. The maximum Gasteiger partial charge on any atom is 0.257 e. The van der Waals surface area contributed by atoms with E-state index in [1.165, 1.54) is 30.5 Å². The van der Waals surface area contributed by atoms with Crippen LogP contribution in [0.3, 0.4) is 0 Å². The summed E-state index contributed by atoms with van der Waals surface area (Å²) in [6, 6.07) is 9.50. The molecule has 1 aliphatic rings. The first-order chi connectivity index (χ1) is 12.5. The Bertz CT molecular complexity index is 1120. The predicted octanol–water partition coefficient (Wildman–Crippen LogP) is 2.19. The molecule has 1 amide bonds. The fourth-order valence-corrected chi connectivity index (χ4v) is 4.18. The van der Waals surface area contributed by atoms with Crippen LogP contribution in [-0.4, -0.2) is 33.1 Å². The molecule has 0 atom stereocenters. The maximum atomic E-state index is 12.4. The number of hydrogen-bond donors (Lipinski definition) is 2. The third-order valence-corrected chi connectivity index (χ3v) is 6.14. The van der Waals surface area contributed by atoms with Gasteiger partial charge in [0.2, 0.25) is 16.8 Å². The number of sulfonamides is 1. The van der Waals surface area contributed by atoms with E-state index in [0.717, 1.165) is 0 Å². The summed E-state index contributed by atoms with van der Waals surface area (Å²) >= 11 is 1.20. The smallest absolute Gasteiger partial charge is 0.257 e. The topological polar surface area (TPSA) is 107 Å². The molecule has 0 aliphatic carbocycles. The van der Waals surface area contributed by atoms with Crippen LogP contribution in [-0.2, 0) is 10.0 Å². The van der Waals surface area contributed by atoms with E-state index < -0.39 is 10.0 Å². The molecule has 134 valence electrons. The lowest BCUT2D eigenvalue weighted by atomic mass is 10.2. The van der Waals surface area contributed by atoms with Crippen molar-refractivity contribution >= 4 is 42.6 Å². The highest BCUT2D eigenvalue weighted by Crippen LogP contribution is 2.33. The number of rotatable bonds is 4. The largest absolute Gasteiger partial charge is 0.454 e. The van der Waals surface area contributed by atoms with Crippen LogP contribution in [0.2, 0.25) is 0 Å². The van der Waals surface area contributed by atoms with E-state index in [-0.39, 0.29) is 17.6 Å². The fraction of sp³-hybridized carbons (Fsp3) is 0.125. The molecule has 2 heterocycles. The van der Waals surface area contributed by atoms with Gasteiger partial charge in [-0.1, -0.05) is 11.3 Å². The predicted molar refractivity (Wildman–Crippen MR) is 96.4 cm³/mol. The van der Waals surface area contributed by atoms with E-state index in [1.807, 2.05) is 0 Å². The average Bonchev–Trinajstić information content (AvgIpc) is 3.26. The third-order valence-electron chi connectivity index (χ3n) is 3.79. The number of aromatic nitrogens is 1. The molecular formula is C16H13N3O5S2. The molecule has 1 aliphatic heterocycles. The van der Waals surface area contributed by atoms with E-state index >= 15 is 0 Å².